The fraction of sp³-hybridized carbons (Fsp3) is 0.348. The molecule has 4 rings (SSSR count). The Bertz CT molecular complexity index is 1020. The number of carbonyl (C=O) groups is 1. The molecule has 1 unspecified atom stereocenters. The molecule has 0 aliphatic carbocycles. The van der Waals surface area contributed by atoms with Crippen LogP contribution in [0, 0.1) is 0 Å². The lowest BCUT2D eigenvalue weighted by molar-refractivity contribution is -0.118. The van der Waals surface area contributed by atoms with Crippen molar-refractivity contribution in [3.8, 4) is 17.0 Å². The van der Waals surface area contributed by atoms with Crippen LogP contribution in [0.1, 0.15) is 17.0 Å². The number of benzene rings is 1. The predicted octanol–water partition coefficient (Wildman–Crippen LogP) is 1.81. The normalized spacial score (nSPS) is 15.5. The van der Waals surface area contributed by atoms with Crippen molar-refractivity contribution in [3.63, 3.8) is 0 Å². The quantitative estimate of drug-likeness (QED) is 0.596. The van der Waals surface area contributed by atoms with Crippen molar-refractivity contribution in [2.45, 2.75) is 5.92 Å². The molecule has 2 aromatic heterocycles. The summed E-state index contributed by atoms with van der Waals surface area (Å²) in [5.41, 5.74) is 9.09. The third-order valence-corrected chi connectivity index (χ3v) is 5.50. The fourth-order valence-electron chi connectivity index (χ4n) is 3.87. The Balaban J connectivity index is 1.63. The van der Waals surface area contributed by atoms with Crippen LogP contribution in [0.15, 0.2) is 55.0 Å². The second kappa shape index (κ2) is 9.72. The highest BCUT2D eigenvalue weighted by Gasteiger charge is 2.23. The number of ether oxygens (including phenoxy) is 2. The van der Waals surface area contributed by atoms with Gasteiger partial charge in [0.15, 0.2) is 0 Å². The first kappa shape index (κ1) is 21.0. The van der Waals surface area contributed by atoms with E-state index in [1.807, 2.05) is 37.4 Å². The predicted molar refractivity (Wildman–Crippen MR) is 117 cm³/mol. The molecule has 0 spiro atoms. The number of carbonyl (C=O) groups excluding carboxylic acids is 1. The maximum Gasteiger partial charge on any atom is 0.229 e. The Morgan fingerprint density at radius 1 is 1.19 bits per heavy atom. The Morgan fingerprint density at radius 3 is 2.71 bits per heavy atom. The SMILES string of the molecule is Cn1nccc1-c1cc(C(C(N)=O)c2cccnc2)ccc1OCCN1CCOCC1. The molecule has 1 fully saturated rings. The third kappa shape index (κ3) is 4.92. The average molecular weight is 422 g/mol. The van der Waals surface area contributed by atoms with Crippen LogP contribution in [0.5, 0.6) is 5.75 Å². The summed E-state index contributed by atoms with van der Waals surface area (Å²) in [6, 6.07) is 11.4. The first-order valence-corrected chi connectivity index (χ1v) is 10.4. The van der Waals surface area contributed by atoms with Crippen LogP contribution in [-0.4, -0.2) is 65.0 Å². The molecule has 1 atom stereocenters. The zero-order valence-electron chi connectivity index (χ0n) is 17.6. The lowest BCUT2D eigenvalue weighted by Gasteiger charge is -2.26. The van der Waals surface area contributed by atoms with E-state index < -0.39 is 11.8 Å². The number of aromatic nitrogens is 3. The van der Waals surface area contributed by atoms with Gasteiger partial charge >= 0.3 is 0 Å². The standard InChI is InChI=1S/C23H27N5O3/c1-27-20(6-8-26-27)19-15-17(22(23(24)29)18-3-2-7-25-16-18)4-5-21(19)31-14-11-28-9-12-30-13-10-28/h2-8,15-16,22H,9-14H2,1H3,(H2,24,29). The van der Waals surface area contributed by atoms with Crippen molar-refractivity contribution in [2.24, 2.45) is 12.8 Å². The molecule has 1 amide bonds. The van der Waals surface area contributed by atoms with Gasteiger partial charge in [0.05, 0.1) is 24.8 Å². The monoisotopic (exact) mass is 421 g/mol. The van der Waals surface area contributed by atoms with Gasteiger partial charge < -0.3 is 15.2 Å². The molecule has 8 nitrogen and oxygen atoms in total. The van der Waals surface area contributed by atoms with Crippen molar-refractivity contribution in [1.82, 2.24) is 19.7 Å². The minimum atomic E-state index is -0.594. The smallest absolute Gasteiger partial charge is 0.229 e. The molecular formula is C23H27N5O3. The van der Waals surface area contributed by atoms with Crippen LogP contribution >= 0.6 is 0 Å². The van der Waals surface area contributed by atoms with E-state index in [0.717, 1.165) is 61.0 Å². The van der Waals surface area contributed by atoms with Gasteiger partial charge in [-0.3, -0.25) is 19.4 Å². The number of rotatable bonds is 8. The van der Waals surface area contributed by atoms with Crippen LogP contribution in [0.4, 0.5) is 0 Å². The summed E-state index contributed by atoms with van der Waals surface area (Å²) in [4.78, 5) is 18.8. The molecule has 3 aromatic rings. The van der Waals surface area contributed by atoms with Crippen LogP contribution in [0.25, 0.3) is 11.3 Å². The van der Waals surface area contributed by atoms with E-state index in [2.05, 4.69) is 15.0 Å². The topological polar surface area (TPSA) is 95.5 Å². The second-order valence-corrected chi connectivity index (χ2v) is 7.52. The van der Waals surface area contributed by atoms with Gasteiger partial charge in [-0.15, -0.1) is 0 Å². The summed E-state index contributed by atoms with van der Waals surface area (Å²) in [6.07, 6.45) is 5.09. The van der Waals surface area contributed by atoms with Crippen molar-refractivity contribution < 1.29 is 14.3 Å². The number of nitrogens with zero attached hydrogens (tertiary/aromatic N) is 4. The number of hydrogen-bond acceptors (Lipinski definition) is 6. The highest BCUT2D eigenvalue weighted by atomic mass is 16.5. The molecule has 1 aromatic carbocycles. The minimum Gasteiger partial charge on any atom is -0.492 e. The van der Waals surface area contributed by atoms with Gasteiger partial charge in [0, 0.05) is 50.8 Å². The highest BCUT2D eigenvalue weighted by molar-refractivity contribution is 5.86. The molecule has 0 saturated carbocycles. The number of morpholine rings is 1. The Kier molecular flexibility index (Phi) is 6.59. The number of amides is 1. The van der Waals surface area contributed by atoms with Gasteiger partial charge in [-0.2, -0.15) is 5.10 Å². The van der Waals surface area contributed by atoms with Gasteiger partial charge in [0.2, 0.25) is 5.91 Å². The second-order valence-electron chi connectivity index (χ2n) is 7.52. The Labute approximate surface area is 181 Å². The van der Waals surface area contributed by atoms with Crippen molar-refractivity contribution in [2.75, 3.05) is 39.5 Å². The number of nitrogens with two attached hydrogens (primary N) is 1. The Hall–Kier alpha value is -3.23. The lowest BCUT2D eigenvalue weighted by Crippen LogP contribution is -2.38. The highest BCUT2D eigenvalue weighted by Crippen LogP contribution is 2.34. The van der Waals surface area contributed by atoms with E-state index in [0.29, 0.717) is 6.61 Å². The molecular weight excluding hydrogens is 394 g/mol. The largest absolute Gasteiger partial charge is 0.492 e. The maximum atomic E-state index is 12.3. The molecule has 0 radical (unpaired) electrons. The van der Waals surface area contributed by atoms with Crippen LogP contribution in [0.3, 0.4) is 0 Å². The molecule has 2 N–H and O–H groups in total. The van der Waals surface area contributed by atoms with E-state index in [1.165, 1.54) is 0 Å². The number of hydrogen-bond donors (Lipinski definition) is 1. The zero-order valence-corrected chi connectivity index (χ0v) is 17.6. The van der Waals surface area contributed by atoms with Crippen molar-refractivity contribution in [1.29, 1.82) is 0 Å². The molecule has 3 heterocycles. The Morgan fingerprint density at radius 2 is 2.03 bits per heavy atom. The van der Waals surface area contributed by atoms with Gasteiger partial charge in [0.1, 0.15) is 12.4 Å². The number of primary amides is 1. The van der Waals surface area contributed by atoms with E-state index in [4.69, 9.17) is 15.2 Å². The van der Waals surface area contributed by atoms with Crippen LogP contribution < -0.4 is 10.5 Å². The zero-order chi connectivity index (χ0) is 21.6. The number of pyridine rings is 1. The summed E-state index contributed by atoms with van der Waals surface area (Å²) in [7, 11) is 1.88. The number of aryl methyl sites for hydroxylation is 1. The third-order valence-electron chi connectivity index (χ3n) is 5.50. The first-order chi connectivity index (χ1) is 15.1. The molecule has 8 heteroatoms. The summed E-state index contributed by atoms with van der Waals surface area (Å²) >= 11 is 0. The summed E-state index contributed by atoms with van der Waals surface area (Å²) in [5.74, 6) is -0.275. The van der Waals surface area contributed by atoms with Gasteiger partial charge in [0.25, 0.3) is 0 Å². The van der Waals surface area contributed by atoms with E-state index in [9.17, 15) is 4.79 Å². The van der Waals surface area contributed by atoms with Crippen molar-refractivity contribution in [3.05, 3.63) is 66.1 Å². The summed E-state index contributed by atoms with van der Waals surface area (Å²) < 4.78 is 13.4. The molecule has 162 valence electrons. The fourth-order valence-corrected chi connectivity index (χ4v) is 3.87. The minimum absolute atomic E-state index is 0.426. The van der Waals surface area contributed by atoms with Crippen molar-refractivity contribution >= 4 is 5.91 Å². The van der Waals surface area contributed by atoms with Gasteiger partial charge in [-0.1, -0.05) is 12.1 Å². The van der Waals surface area contributed by atoms with E-state index in [-0.39, 0.29) is 0 Å². The van der Waals surface area contributed by atoms with E-state index >= 15 is 0 Å². The lowest BCUT2D eigenvalue weighted by atomic mass is 9.90. The van der Waals surface area contributed by atoms with E-state index in [1.54, 1.807) is 29.3 Å². The molecule has 0 bridgehead atoms. The first-order valence-electron chi connectivity index (χ1n) is 10.4. The molecule has 1 aliphatic rings. The van der Waals surface area contributed by atoms with Crippen LogP contribution in [0.2, 0.25) is 0 Å². The maximum absolute atomic E-state index is 12.3. The van der Waals surface area contributed by atoms with Gasteiger partial charge in [-0.25, -0.2) is 0 Å². The molecule has 1 aliphatic heterocycles. The molecule has 1 saturated heterocycles. The molecule has 31 heavy (non-hydrogen) atoms. The summed E-state index contributed by atoms with van der Waals surface area (Å²) in [5, 5.41) is 4.29. The summed E-state index contributed by atoms with van der Waals surface area (Å²) in [6.45, 7) is 4.75. The van der Waals surface area contributed by atoms with Crippen LogP contribution in [-0.2, 0) is 16.6 Å². The average Bonchev–Trinajstić information content (AvgIpc) is 3.21. The van der Waals surface area contributed by atoms with Gasteiger partial charge in [-0.05, 0) is 35.4 Å².